The fourth-order valence-electron chi connectivity index (χ4n) is 1.29. The lowest BCUT2D eigenvalue weighted by molar-refractivity contribution is 0.185. The number of benzene rings is 1. The number of hydrogen-bond acceptors (Lipinski definition) is 1. The van der Waals surface area contributed by atoms with Crippen LogP contribution < -0.4 is 0 Å². The van der Waals surface area contributed by atoms with Crippen molar-refractivity contribution in [3.63, 3.8) is 0 Å². The topological polar surface area (TPSA) is 20.2 Å². The Labute approximate surface area is 78.2 Å². The highest BCUT2D eigenvalue weighted by atomic mass is 19.1. The Morgan fingerprint density at radius 1 is 1.46 bits per heavy atom. The molecule has 1 atom stereocenters. The van der Waals surface area contributed by atoms with Crippen molar-refractivity contribution >= 4 is 0 Å². The molecule has 72 valence electrons. The summed E-state index contributed by atoms with van der Waals surface area (Å²) >= 11 is 0. The third-order valence-corrected chi connectivity index (χ3v) is 2.21. The highest BCUT2D eigenvalue weighted by Crippen LogP contribution is 2.14. The second-order valence-corrected chi connectivity index (χ2v) is 3.41. The molecule has 0 spiro atoms. The predicted molar refractivity (Wildman–Crippen MR) is 51.1 cm³/mol. The summed E-state index contributed by atoms with van der Waals surface area (Å²) in [6, 6.07) is 5.07. The van der Waals surface area contributed by atoms with Gasteiger partial charge in [-0.05, 0) is 43.9 Å². The van der Waals surface area contributed by atoms with Crippen LogP contribution in [0.25, 0.3) is 0 Å². The molecule has 0 aliphatic carbocycles. The van der Waals surface area contributed by atoms with Gasteiger partial charge >= 0.3 is 0 Å². The van der Waals surface area contributed by atoms with E-state index in [4.69, 9.17) is 5.11 Å². The molecule has 0 aliphatic rings. The van der Waals surface area contributed by atoms with E-state index in [1.54, 1.807) is 19.9 Å². The van der Waals surface area contributed by atoms with Crippen LogP contribution in [0, 0.1) is 12.7 Å². The molecule has 0 fully saturated rings. The summed E-state index contributed by atoms with van der Waals surface area (Å²) in [6.45, 7) is 3.52. The van der Waals surface area contributed by atoms with Gasteiger partial charge in [0.1, 0.15) is 5.82 Å². The van der Waals surface area contributed by atoms with Gasteiger partial charge in [-0.1, -0.05) is 12.1 Å². The Balaban J connectivity index is 2.71. The Morgan fingerprint density at radius 3 is 2.77 bits per heavy atom. The van der Waals surface area contributed by atoms with Crippen LogP contribution in [0.2, 0.25) is 0 Å². The van der Waals surface area contributed by atoms with Gasteiger partial charge in [0, 0.05) is 0 Å². The molecule has 1 aromatic carbocycles. The highest BCUT2D eigenvalue weighted by Gasteiger charge is 2.04. The molecule has 1 aromatic rings. The molecule has 13 heavy (non-hydrogen) atoms. The lowest BCUT2D eigenvalue weighted by Gasteiger charge is -2.07. The first-order valence-electron chi connectivity index (χ1n) is 4.53. The molecule has 0 radical (unpaired) electrons. The summed E-state index contributed by atoms with van der Waals surface area (Å²) in [6.07, 6.45) is 1.11. The van der Waals surface area contributed by atoms with Crippen molar-refractivity contribution in [2.45, 2.75) is 32.8 Å². The van der Waals surface area contributed by atoms with Gasteiger partial charge in [0.15, 0.2) is 0 Å². The van der Waals surface area contributed by atoms with Crippen LogP contribution >= 0.6 is 0 Å². The molecule has 0 bridgehead atoms. The Kier molecular flexibility index (Phi) is 3.43. The Morgan fingerprint density at radius 2 is 2.15 bits per heavy atom. The van der Waals surface area contributed by atoms with Crippen molar-refractivity contribution in [3.8, 4) is 0 Å². The van der Waals surface area contributed by atoms with Gasteiger partial charge in [0.2, 0.25) is 0 Å². The highest BCUT2D eigenvalue weighted by molar-refractivity contribution is 5.27. The van der Waals surface area contributed by atoms with Gasteiger partial charge in [-0.2, -0.15) is 0 Å². The average Bonchev–Trinajstić information content (AvgIpc) is 2.07. The van der Waals surface area contributed by atoms with Crippen molar-refractivity contribution in [3.05, 3.63) is 35.1 Å². The molecule has 0 saturated carbocycles. The van der Waals surface area contributed by atoms with Gasteiger partial charge in [-0.25, -0.2) is 4.39 Å². The summed E-state index contributed by atoms with van der Waals surface area (Å²) in [4.78, 5) is 0. The van der Waals surface area contributed by atoms with Crippen molar-refractivity contribution in [1.82, 2.24) is 0 Å². The predicted octanol–water partition coefficient (Wildman–Crippen LogP) is 2.45. The zero-order chi connectivity index (χ0) is 9.84. The zero-order valence-corrected chi connectivity index (χ0v) is 8.05. The molecule has 0 saturated heterocycles. The number of rotatable bonds is 3. The van der Waals surface area contributed by atoms with E-state index in [9.17, 15) is 4.39 Å². The van der Waals surface area contributed by atoms with E-state index in [1.165, 1.54) is 6.07 Å². The van der Waals surface area contributed by atoms with E-state index >= 15 is 0 Å². The summed E-state index contributed by atoms with van der Waals surface area (Å²) in [7, 11) is 0. The summed E-state index contributed by atoms with van der Waals surface area (Å²) < 4.78 is 13.0. The second-order valence-electron chi connectivity index (χ2n) is 3.41. The lowest BCUT2D eigenvalue weighted by Crippen LogP contribution is -2.03. The maximum atomic E-state index is 13.0. The quantitative estimate of drug-likeness (QED) is 0.761. The molecular weight excluding hydrogens is 167 g/mol. The lowest BCUT2D eigenvalue weighted by atomic mass is 10.0. The first kappa shape index (κ1) is 10.2. The van der Waals surface area contributed by atoms with E-state index in [0.29, 0.717) is 12.0 Å². The van der Waals surface area contributed by atoms with E-state index in [-0.39, 0.29) is 11.9 Å². The van der Waals surface area contributed by atoms with Crippen LogP contribution in [-0.4, -0.2) is 11.2 Å². The van der Waals surface area contributed by atoms with Crippen molar-refractivity contribution < 1.29 is 9.50 Å². The van der Waals surface area contributed by atoms with Crippen LogP contribution in [-0.2, 0) is 6.42 Å². The van der Waals surface area contributed by atoms with Crippen LogP contribution in [0.5, 0.6) is 0 Å². The molecule has 1 rings (SSSR count). The fourth-order valence-corrected chi connectivity index (χ4v) is 1.29. The van der Waals surface area contributed by atoms with E-state index in [0.717, 1.165) is 12.0 Å². The van der Waals surface area contributed by atoms with Crippen molar-refractivity contribution in [1.29, 1.82) is 0 Å². The van der Waals surface area contributed by atoms with E-state index < -0.39 is 0 Å². The average molecular weight is 182 g/mol. The fraction of sp³-hybridized carbons (Fsp3) is 0.455. The molecule has 0 aromatic heterocycles. The van der Waals surface area contributed by atoms with Gasteiger partial charge in [-0.15, -0.1) is 0 Å². The van der Waals surface area contributed by atoms with Crippen LogP contribution in [0.1, 0.15) is 24.5 Å². The molecule has 0 aliphatic heterocycles. The number of aliphatic hydroxyl groups excluding tert-OH is 1. The van der Waals surface area contributed by atoms with E-state index in [1.807, 2.05) is 6.07 Å². The number of aryl methyl sites for hydroxylation is 1. The van der Waals surface area contributed by atoms with Gasteiger partial charge in [0.05, 0.1) is 6.10 Å². The van der Waals surface area contributed by atoms with Crippen molar-refractivity contribution in [2.75, 3.05) is 0 Å². The maximum absolute atomic E-state index is 13.0. The monoisotopic (exact) mass is 182 g/mol. The SMILES string of the molecule is Cc1c(F)cccc1CCC(C)O. The minimum atomic E-state index is -0.317. The molecule has 0 heterocycles. The van der Waals surface area contributed by atoms with Crippen LogP contribution in [0.15, 0.2) is 18.2 Å². The normalized spacial score (nSPS) is 12.9. The first-order chi connectivity index (χ1) is 6.11. The molecule has 1 N–H and O–H groups in total. The first-order valence-corrected chi connectivity index (χ1v) is 4.53. The molecule has 1 nitrogen and oxygen atoms in total. The standard InChI is InChI=1S/C11H15FO/c1-8(13)6-7-10-4-3-5-11(12)9(10)2/h3-5,8,13H,6-7H2,1-2H3. The maximum Gasteiger partial charge on any atom is 0.126 e. The Bertz CT molecular complexity index is 281. The minimum Gasteiger partial charge on any atom is -0.393 e. The van der Waals surface area contributed by atoms with Gasteiger partial charge in [0.25, 0.3) is 0 Å². The second kappa shape index (κ2) is 4.38. The largest absolute Gasteiger partial charge is 0.393 e. The molecule has 1 unspecified atom stereocenters. The summed E-state index contributed by atoms with van der Waals surface area (Å²) in [5.74, 6) is -0.164. The van der Waals surface area contributed by atoms with Crippen molar-refractivity contribution in [2.24, 2.45) is 0 Å². The van der Waals surface area contributed by atoms with Crippen LogP contribution in [0.4, 0.5) is 4.39 Å². The number of aliphatic hydroxyl groups is 1. The minimum absolute atomic E-state index is 0.164. The number of halogens is 1. The Hall–Kier alpha value is -0.890. The molecule has 0 amide bonds. The smallest absolute Gasteiger partial charge is 0.126 e. The molecular formula is C11H15FO. The third kappa shape index (κ3) is 2.81. The molecule has 2 heteroatoms. The summed E-state index contributed by atoms with van der Waals surface area (Å²) in [5, 5.41) is 9.08. The third-order valence-electron chi connectivity index (χ3n) is 2.21. The zero-order valence-electron chi connectivity index (χ0n) is 8.05. The van der Waals surface area contributed by atoms with Crippen LogP contribution in [0.3, 0.4) is 0 Å². The van der Waals surface area contributed by atoms with Gasteiger partial charge in [-0.3, -0.25) is 0 Å². The summed E-state index contributed by atoms with van der Waals surface area (Å²) in [5.41, 5.74) is 1.68. The number of hydrogen-bond donors (Lipinski definition) is 1. The van der Waals surface area contributed by atoms with Gasteiger partial charge < -0.3 is 5.11 Å². The van der Waals surface area contributed by atoms with E-state index in [2.05, 4.69) is 0 Å².